The monoisotopic (exact) mass is 455 g/mol. The Kier molecular flexibility index (Phi) is 7.18. The minimum absolute atomic E-state index is 0.129. The van der Waals surface area contributed by atoms with E-state index in [0.29, 0.717) is 47.8 Å². The number of rotatable bonds is 5. The third-order valence-electron chi connectivity index (χ3n) is 4.35. The lowest BCUT2D eigenvalue weighted by atomic mass is 10.1. The Labute approximate surface area is 184 Å². The third kappa shape index (κ3) is 4.93. The summed E-state index contributed by atoms with van der Waals surface area (Å²) in [5, 5.41) is 0.592. The molecule has 1 aliphatic rings. The molecule has 1 saturated heterocycles. The molecule has 1 aliphatic heterocycles. The molecular formula is C20H19Cl2NO5S. The highest BCUT2D eigenvalue weighted by Gasteiger charge is 2.23. The van der Waals surface area contributed by atoms with Gasteiger partial charge in [-0.05, 0) is 30.3 Å². The third-order valence-corrected chi connectivity index (χ3v) is 5.41. The van der Waals surface area contributed by atoms with Crippen LogP contribution in [0.1, 0.15) is 15.9 Å². The van der Waals surface area contributed by atoms with E-state index in [0.717, 1.165) is 5.56 Å². The summed E-state index contributed by atoms with van der Waals surface area (Å²) in [6.45, 7) is 2.63. The van der Waals surface area contributed by atoms with E-state index in [1.165, 1.54) is 26.4 Å². The molecule has 0 aliphatic carbocycles. The Morgan fingerprint density at radius 3 is 2.28 bits per heavy atom. The molecule has 0 amide bonds. The number of carbonyl (C=O) groups is 1. The fourth-order valence-corrected chi connectivity index (χ4v) is 3.52. The molecule has 0 saturated carbocycles. The van der Waals surface area contributed by atoms with Crippen LogP contribution in [-0.2, 0) is 4.74 Å². The zero-order valence-electron chi connectivity index (χ0n) is 15.9. The molecule has 29 heavy (non-hydrogen) atoms. The zero-order valence-corrected chi connectivity index (χ0v) is 18.2. The number of morpholine rings is 1. The van der Waals surface area contributed by atoms with Crippen LogP contribution in [0.3, 0.4) is 0 Å². The minimum Gasteiger partial charge on any atom is -0.493 e. The highest BCUT2D eigenvalue weighted by molar-refractivity contribution is 7.80. The highest BCUT2D eigenvalue weighted by atomic mass is 35.5. The minimum atomic E-state index is -0.683. The van der Waals surface area contributed by atoms with Crippen LogP contribution >= 0.6 is 35.4 Å². The molecule has 3 rings (SSSR count). The van der Waals surface area contributed by atoms with Gasteiger partial charge in [0.15, 0.2) is 11.5 Å². The summed E-state index contributed by atoms with van der Waals surface area (Å²) >= 11 is 17.7. The van der Waals surface area contributed by atoms with Crippen LogP contribution in [0.2, 0.25) is 10.0 Å². The predicted octanol–water partition coefficient (Wildman–Crippen LogP) is 4.24. The van der Waals surface area contributed by atoms with Crippen LogP contribution in [0, 0.1) is 0 Å². The number of esters is 1. The topological polar surface area (TPSA) is 57.2 Å². The number of ether oxygens (including phenoxy) is 4. The molecule has 0 atom stereocenters. The quantitative estimate of drug-likeness (QED) is 0.379. The van der Waals surface area contributed by atoms with E-state index in [1.54, 1.807) is 18.2 Å². The van der Waals surface area contributed by atoms with Gasteiger partial charge in [0.05, 0.1) is 38.0 Å². The number of carbonyl (C=O) groups excluding carboxylic acids is 1. The van der Waals surface area contributed by atoms with Crippen molar-refractivity contribution in [3.8, 4) is 17.2 Å². The standard InChI is InChI=1S/C20H19Cl2NO5S/c1-25-16-9-12(19(29)23-5-7-27-8-6-23)10-17(26-2)18(16)28-20(24)14-11-13(21)3-4-15(14)22/h3-4,9-11H,5-8H2,1-2H3. The first-order chi connectivity index (χ1) is 13.9. The Hall–Kier alpha value is -2.06. The van der Waals surface area contributed by atoms with E-state index >= 15 is 0 Å². The molecular weight excluding hydrogens is 437 g/mol. The first-order valence-corrected chi connectivity index (χ1v) is 9.91. The zero-order chi connectivity index (χ0) is 21.0. The molecule has 1 heterocycles. The van der Waals surface area contributed by atoms with Crippen molar-refractivity contribution in [3.63, 3.8) is 0 Å². The average molecular weight is 456 g/mol. The predicted molar refractivity (Wildman–Crippen MR) is 115 cm³/mol. The normalized spacial score (nSPS) is 13.7. The lowest BCUT2D eigenvalue weighted by Crippen LogP contribution is -2.40. The molecule has 0 N–H and O–H groups in total. The summed E-state index contributed by atoms with van der Waals surface area (Å²) in [6.07, 6.45) is 0. The molecule has 6 nitrogen and oxygen atoms in total. The Balaban J connectivity index is 1.93. The number of halogens is 2. The Morgan fingerprint density at radius 2 is 1.69 bits per heavy atom. The van der Waals surface area contributed by atoms with E-state index in [2.05, 4.69) is 0 Å². The number of hydrogen-bond acceptors (Lipinski definition) is 6. The molecule has 2 aromatic carbocycles. The largest absolute Gasteiger partial charge is 0.493 e. The first kappa shape index (κ1) is 21.6. The maximum absolute atomic E-state index is 12.7. The second-order valence-electron chi connectivity index (χ2n) is 6.13. The van der Waals surface area contributed by atoms with Gasteiger partial charge in [0.1, 0.15) is 4.99 Å². The van der Waals surface area contributed by atoms with Gasteiger partial charge < -0.3 is 23.8 Å². The van der Waals surface area contributed by atoms with Crippen LogP contribution in [0.15, 0.2) is 30.3 Å². The van der Waals surface area contributed by atoms with Gasteiger partial charge in [-0.25, -0.2) is 4.79 Å². The molecule has 2 aromatic rings. The molecule has 0 unspecified atom stereocenters. The maximum Gasteiger partial charge on any atom is 0.345 e. The number of benzene rings is 2. The molecule has 9 heteroatoms. The van der Waals surface area contributed by atoms with E-state index in [1.807, 2.05) is 4.90 Å². The van der Waals surface area contributed by atoms with Crippen molar-refractivity contribution in [3.05, 3.63) is 51.5 Å². The summed E-state index contributed by atoms with van der Waals surface area (Å²) in [5.41, 5.74) is 0.854. The molecule has 0 bridgehead atoms. The number of nitrogens with zero attached hydrogens (tertiary/aromatic N) is 1. The number of hydrogen-bond donors (Lipinski definition) is 0. The Bertz CT molecular complexity index is 906. The van der Waals surface area contributed by atoms with Crippen LogP contribution in [0.4, 0.5) is 0 Å². The van der Waals surface area contributed by atoms with Gasteiger partial charge in [-0.2, -0.15) is 0 Å². The molecule has 1 fully saturated rings. The van der Waals surface area contributed by atoms with E-state index in [9.17, 15) is 4.79 Å². The van der Waals surface area contributed by atoms with E-state index in [-0.39, 0.29) is 16.3 Å². The molecule has 0 spiro atoms. The molecule has 0 radical (unpaired) electrons. The second-order valence-corrected chi connectivity index (χ2v) is 7.36. The number of methoxy groups -OCH3 is 2. The van der Waals surface area contributed by atoms with Gasteiger partial charge in [-0.1, -0.05) is 35.4 Å². The molecule has 154 valence electrons. The number of thiocarbonyl (C=S) groups is 1. The van der Waals surface area contributed by atoms with Crippen LogP contribution in [-0.4, -0.2) is 56.4 Å². The fraction of sp³-hybridized carbons (Fsp3) is 0.300. The summed E-state index contributed by atoms with van der Waals surface area (Å²) in [6, 6.07) is 7.97. The van der Waals surface area contributed by atoms with Crippen LogP contribution < -0.4 is 14.2 Å². The van der Waals surface area contributed by atoms with Crippen molar-refractivity contribution < 1.29 is 23.7 Å². The average Bonchev–Trinajstić information content (AvgIpc) is 2.75. The lowest BCUT2D eigenvalue weighted by molar-refractivity contribution is 0.0692. The lowest BCUT2D eigenvalue weighted by Gasteiger charge is -2.29. The summed E-state index contributed by atoms with van der Waals surface area (Å²) < 4.78 is 21.8. The van der Waals surface area contributed by atoms with E-state index in [4.69, 9.17) is 54.4 Å². The summed E-state index contributed by atoms with van der Waals surface area (Å²) in [5.74, 6) is 0.0603. The van der Waals surface area contributed by atoms with Crippen molar-refractivity contribution in [1.82, 2.24) is 4.90 Å². The highest BCUT2D eigenvalue weighted by Crippen LogP contribution is 2.40. The summed E-state index contributed by atoms with van der Waals surface area (Å²) in [4.78, 5) is 15.4. The van der Waals surface area contributed by atoms with Crippen molar-refractivity contribution in [2.75, 3.05) is 40.5 Å². The van der Waals surface area contributed by atoms with Crippen molar-refractivity contribution in [1.29, 1.82) is 0 Å². The van der Waals surface area contributed by atoms with Gasteiger partial charge in [0.25, 0.3) is 0 Å². The smallest absolute Gasteiger partial charge is 0.345 e. The Morgan fingerprint density at radius 1 is 1.07 bits per heavy atom. The van der Waals surface area contributed by atoms with Crippen LogP contribution in [0.25, 0.3) is 0 Å². The molecule has 0 aromatic heterocycles. The van der Waals surface area contributed by atoms with Gasteiger partial charge >= 0.3 is 5.97 Å². The van der Waals surface area contributed by atoms with Crippen LogP contribution in [0.5, 0.6) is 17.2 Å². The van der Waals surface area contributed by atoms with Crippen molar-refractivity contribution in [2.24, 2.45) is 0 Å². The van der Waals surface area contributed by atoms with Gasteiger partial charge in [-0.15, -0.1) is 0 Å². The fourth-order valence-electron chi connectivity index (χ4n) is 2.85. The summed E-state index contributed by atoms with van der Waals surface area (Å²) in [7, 11) is 2.94. The van der Waals surface area contributed by atoms with Crippen molar-refractivity contribution >= 4 is 46.4 Å². The second kappa shape index (κ2) is 9.63. The van der Waals surface area contributed by atoms with E-state index < -0.39 is 5.97 Å². The van der Waals surface area contributed by atoms with Gasteiger partial charge in [0.2, 0.25) is 5.75 Å². The van der Waals surface area contributed by atoms with Crippen molar-refractivity contribution in [2.45, 2.75) is 0 Å². The maximum atomic E-state index is 12.7. The first-order valence-electron chi connectivity index (χ1n) is 8.75. The van der Waals surface area contributed by atoms with Gasteiger partial charge in [0, 0.05) is 23.7 Å². The van der Waals surface area contributed by atoms with Gasteiger partial charge in [-0.3, -0.25) is 0 Å². The SMILES string of the molecule is COc1cc(C(=S)N2CCOCC2)cc(OC)c1OC(=O)c1cc(Cl)ccc1Cl.